The largest absolute Gasteiger partial charge is 0.379 e. The van der Waals surface area contributed by atoms with E-state index in [0.29, 0.717) is 12.5 Å². The first kappa shape index (κ1) is 25.4. The monoisotopic (exact) mass is 483 g/mol. The Morgan fingerprint density at radius 3 is 2.46 bits per heavy atom. The topological polar surface area (TPSA) is 69.2 Å². The number of amides is 1. The Balaban J connectivity index is 0.00000625. The number of likely N-dealkylation sites (N-methyl/N-ethyl adjacent to an activating group) is 1. The molecule has 26 heavy (non-hydrogen) atoms. The molecule has 1 heterocycles. The molecule has 2 N–H and O–H groups in total. The quantitative estimate of drug-likeness (QED) is 0.326. The minimum absolute atomic E-state index is 0. The molecule has 0 aliphatic carbocycles. The molecule has 1 fully saturated rings. The highest BCUT2D eigenvalue weighted by molar-refractivity contribution is 14.0. The van der Waals surface area contributed by atoms with Gasteiger partial charge in [0.15, 0.2) is 5.96 Å². The Bertz CT molecular complexity index is 434. The Labute approximate surface area is 176 Å². The van der Waals surface area contributed by atoms with Crippen molar-refractivity contribution in [3.63, 3.8) is 0 Å². The van der Waals surface area contributed by atoms with Gasteiger partial charge in [0, 0.05) is 45.3 Å². The average molecular weight is 483 g/mol. The smallest absolute Gasteiger partial charge is 0.240 e. The van der Waals surface area contributed by atoms with E-state index in [2.05, 4.69) is 22.5 Å². The second-order valence-electron chi connectivity index (χ2n) is 7.87. The molecular weight excluding hydrogens is 445 g/mol. The van der Waals surface area contributed by atoms with Crippen LogP contribution in [0.5, 0.6) is 0 Å². The van der Waals surface area contributed by atoms with Gasteiger partial charge in [-0.15, -0.1) is 24.0 Å². The molecule has 1 atom stereocenters. The molecular formula is C18H38IN5O2. The van der Waals surface area contributed by atoms with E-state index in [1.165, 1.54) is 0 Å². The van der Waals surface area contributed by atoms with Gasteiger partial charge in [0.25, 0.3) is 0 Å². The third kappa shape index (κ3) is 11.2. The Kier molecular flexibility index (Phi) is 12.4. The lowest BCUT2D eigenvalue weighted by atomic mass is 10.1. The summed E-state index contributed by atoms with van der Waals surface area (Å²) in [6, 6.07) is 0. The van der Waals surface area contributed by atoms with Crippen LogP contribution < -0.4 is 10.6 Å². The molecule has 8 heteroatoms. The third-order valence-electron chi connectivity index (χ3n) is 3.82. The molecule has 154 valence electrons. The van der Waals surface area contributed by atoms with Crippen molar-refractivity contribution < 1.29 is 9.53 Å². The zero-order valence-electron chi connectivity index (χ0n) is 17.3. The standard InChI is InChI=1S/C18H37N5O2.HI/c1-7-19-17(22(6)14-16(24)21-18(3,4)5)20-12-15(2)13-23-8-10-25-11-9-23;/h15H,7-14H2,1-6H3,(H,19,20)(H,21,24);1H. The zero-order chi connectivity index (χ0) is 18.9. The summed E-state index contributed by atoms with van der Waals surface area (Å²) in [5, 5.41) is 6.26. The van der Waals surface area contributed by atoms with Gasteiger partial charge < -0.3 is 20.3 Å². The molecule has 1 amide bonds. The van der Waals surface area contributed by atoms with Crippen molar-refractivity contribution in [2.45, 2.75) is 40.2 Å². The van der Waals surface area contributed by atoms with Crippen LogP contribution in [0.1, 0.15) is 34.6 Å². The fourth-order valence-electron chi connectivity index (χ4n) is 2.74. The highest BCUT2D eigenvalue weighted by Gasteiger charge is 2.17. The number of halogens is 1. The maximum atomic E-state index is 12.1. The van der Waals surface area contributed by atoms with Crippen LogP contribution in [0.25, 0.3) is 0 Å². The van der Waals surface area contributed by atoms with Crippen molar-refractivity contribution in [1.82, 2.24) is 20.4 Å². The van der Waals surface area contributed by atoms with E-state index >= 15 is 0 Å². The number of nitrogens with one attached hydrogen (secondary N) is 2. The van der Waals surface area contributed by atoms with E-state index in [0.717, 1.165) is 51.9 Å². The molecule has 0 aromatic carbocycles. The van der Waals surface area contributed by atoms with Gasteiger partial charge in [-0.3, -0.25) is 14.7 Å². The summed E-state index contributed by atoms with van der Waals surface area (Å²) in [6.45, 7) is 16.7. The second kappa shape index (κ2) is 12.7. The molecule has 0 bridgehead atoms. The molecule has 0 radical (unpaired) electrons. The summed E-state index contributed by atoms with van der Waals surface area (Å²) in [5.74, 6) is 1.24. The summed E-state index contributed by atoms with van der Waals surface area (Å²) in [4.78, 5) is 21.2. The van der Waals surface area contributed by atoms with E-state index in [-0.39, 0.29) is 35.4 Å². The van der Waals surface area contributed by atoms with Crippen molar-refractivity contribution >= 4 is 35.8 Å². The second-order valence-corrected chi connectivity index (χ2v) is 7.87. The molecule has 0 aromatic rings. The summed E-state index contributed by atoms with van der Waals surface area (Å²) in [5.41, 5.74) is -0.222. The number of hydrogen-bond acceptors (Lipinski definition) is 4. The van der Waals surface area contributed by atoms with Gasteiger partial charge in [-0.1, -0.05) is 6.92 Å². The Hall–Kier alpha value is -0.610. The van der Waals surface area contributed by atoms with Crippen LogP contribution in [0.4, 0.5) is 0 Å². The van der Waals surface area contributed by atoms with Gasteiger partial charge in [0.05, 0.1) is 19.8 Å². The molecule has 1 unspecified atom stereocenters. The minimum atomic E-state index is -0.222. The maximum absolute atomic E-state index is 12.1. The van der Waals surface area contributed by atoms with E-state index in [1.54, 1.807) is 0 Å². The molecule has 1 rings (SSSR count). The highest BCUT2D eigenvalue weighted by Crippen LogP contribution is 2.04. The van der Waals surface area contributed by atoms with Crippen molar-refractivity contribution in [2.75, 3.05) is 59.5 Å². The van der Waals surface area contributed by atoms with Gasteiger partial charge in [0.1, 0.15) is 0 Å². The van der Waals surface area contributed by atoms with Crippen LogP contribution in [0, 0.1) is 5.92 Å². The van der Waals surface area contributed by atoms with Gasteiger partial charge >= 0.3 is 0 Å². The summed E-state index contributed by atoms with van der Waals surface area (Å²) in [7, 11) is 1.90. The van der Waals surface area contributed by atoms with E-state index in [9.17, 15) is 4.79 Å². The number of carbonyl (C=O) groups excluding carboxylic acids is 1. The fourth-order valence-corrected chi connectivity index (χ4v) is 2.74. The molecule has 0 saturated carbocycles. The van der Waals surface area contributed by atoms with Gasteiger partial charge in [-0.05, 0) is 33.6 Å². The Morgan fingerprint density at radius 1 is 1.31 bits per heavy atom. The van der Waals surface area contributed by atoms with Crippen molar-refractivity contribution in [3.8, 4) is 0 Å². The first-order valence-corrected chi connectivity index (χ1v) is 9.32. The van der Waals surface area contributed by atoms with Crippen LogP contribution in [0.15, 0.2) is 4.99 Å². The minimum Gasteiger partial charge on any atom is -0.379 e. The van der Waals surface area contributed by atoms with Crippen LogP contribution in [-0.2, 0) is 9.53 Å². The molecule has 0 spiro atoms. The van der Waals surface area contributed by atoms with Crippen molar-refractivity contribution in [2.24, 2.45) is 10.9 Å². The first-order chi connectivity index (χ1) is 11.7. The summed E-state index contributed by atoms with van der Waals surface area (Å²) >= 11 is 0. The predicted octanol–water partition coefficient (Wildman–Crippen LogP) is 1.38. The maximum Gasteiger partial charge on any atom is 0.240 e. The molecule has 0 aromatic heterocycles. The third-order valence-corrected chi connectivity index (χ3v) is 3.82. The molecule has 7 nitrogen and oxygen atoms in total. The summed E-state index contributed by atoms with van der Waals surface area (Å²) < 4.78 is 5.39. The highest BCUT2D eigenvalue weighted by atomic mass is 127. The number of guanidine groups is 1. The zero-order valence-corrected chi connectivity index (χ0v) is 19.6. The van der Waals surface area contributed by atoms with Gasteiger partial charge in [-0.25, -0.2) is 0 Å². The molecule has 1 aliphatic heterocycles. The van der Waals surface area contributed by atoms with Crippen LogP contribution in [0.3, 0.4) is 0 Å². The fraction of sp³-hybridized carbons (Fsp3) is 0.889. The number of nitrogens with zero attached hydrogens (tertiary/aromatic N) is 3. The predicted molar refractivity (Wildman–Crippen MR) is 118 cm³/mol. The number of ether oxygens (including phenoxy) is 1. The normalized spacial score (nSPS) is 17.2. The van der Waals surface area contributed by atoms with Crippen molar-refractivity contribution in [3.05, 3.63) is 0 Å². The lowest BCUT2D eigenvalue weighted by Crippen LogP contribution is -2.49. The number of hydrogen-bond donors (Lipinski definition) is 2. The lowest BCUT2D eigenvalue weighted by Gasteiger charge is -2.29. The van der Waals surface area contributed by atoms with Crippen molar-refractivity contribution in [1.29, 1.82) is 0 Å². The molecule has 1 saturated heterocycles. The van der Waals surface area contributed by atoms with E-state index < -0.39 is 0 Å². The lowest BCUT2D eigenvalue weighted by molar-refractivity contribution is -0.122. The first-order valence-electron chi connectivity index (χ1n) is 9.32. The average Bonchev–Trinajstić information content (AvgIpc) is 2.50. The number of morpholine rings is 1. The van der Waals surface area contributed by atoms with Gasteiger partial charge in [0.2, 0.25) is 5.91 Å². The van der Waals surface area contributed by atoms with E-state index in [1.807, 2.05) is 39.6 Å². The number of carbonyl (C=O) groups is 1. The van der Waals surface area contributed by atoms with Crippen LogP contribution in [-0.4, -0.2) is 86.7 Å². The summed E-state index contributed by atoms with van der Waals surface area (Å²) in [6.07, 6.45) is 0. The number of rotatable bonds is 7. The molecule has 1 aliphatic rings. The van der Waals surface area contributed by atoms with Crippen LogP contribution in [0.2, 0.25) is 0 Å². The van der Waals surface area contributed by atoms with Gasteiger partial charge in [-0.2, -0.15) is 0 Å². The Morgan fingerprint density at radius 2 is 1.92 bits per heavy atom. The van der Waals surface area contributed by atoms with Crippen LogP contribution >= 0.6 is 24.0 Å². The SMILES string of the molecule is CCNC(=NCC(C)CN1CCOCC1)N(C)CC(=O)NC(C)(C)C.I. The number of aliphatic imine (C=N–C) groups is 1. The van der Waals surface area contributed by atoms with E-state index in [4.69, 9.17) is 9.73 Å².